The van der Waals surface area contributed by atoms with E-state index in [2.05, 4.69) is 25.5 Å². The van der Waals surface area contributed by atoms with Crippen LogP contribution >= 0.6 is 0 Å². The molecule has 0 aliphatic heterocycles. The second-order valence-electron chi connectivity index (χ2n) is 6.29. The monoisotopic (exact) mass is 349 g/mol. The van der Waals surface area contributed by atoms with Crippen LogP contribution in [0.3, 0.4) is 0 Å². The van der Waals surface area contributed by atoms with Gasteiger partial charge in [0.05, 0.1) is 19.4 Å². The average molecular weight is 349 g/mol. The van der Waals surface area contributed by atoms with Gasteiger partial charge in [0.15, 0.2) is 0 Å². The molecule has 0 aliphatic carbocycles. The maximum atomic E-state index is 11.7. The fourth-order valence-electron chi connectivity index (χ4n) is 2.12. The molecule has 6 nitrogen and oxygen atoms in total. The maximum absolute atomic E-state index is 11.7. The topological polar surface area (TPSA) is 69.0 Å². The van der Waals surface area contributed by atoms with Crippen molar-refractivity contribution in [1.82, 2.24) is 0 Å². The zero-order chi connectivity index (χ0) is 18.8. The Labute approximate surface area is 148 Å². The molecule has 0 saturated carbocycles. The molecule has 1 heterocycles. The molecule has 0 aliphatic rings. The molecule has 0 fully saturated rings. The summed E-state index contributed by atoms with van der Waals surface area (Å²) in [4.78, 5) is 23.7. The molecule has 2 rings (SSSR count). The lowest BCUT2D eigenvalue weighted by Crippen LogP contribution is -2.21. The van der Waals surface area contributed by atoms with Crippen molar-refractivity contribution in [1.29, 1.82) is 0 Å². The van der Waals surface area contributed by atoms with Gasteiger partial charge in [-0.2, -0.15) is 0 Å². The van der Waals surface area contributed by atoms with Crippen LogP contribution in [0.5, 0.6) is 5.75 Å². The number of anilines is 1. The van der Waals surface area contributed by atoms with Gasteiger partial charge in [-0.1, -0.05) is 20.8 Å². The lowest BCUT2D eigenvalue weighted by Gasteiger charge is -2.20. The Morgan fingerprint density at radius 3 is 2.52 bits per heavy atom. The third-order valence-corrected chi connectivity index (χ3v) is 3.16. The Morgan fingerprint density at radius 1 is 1.24 bits per heavy atom. The molecule has 6 heteroatoms. The van der Waals surface area contributed by atoms with Gasteiger partial charge in [-0.25, -0.2) is 4.79 Å². The SMILES string of the molecule is CC(C)C.COc1ccc2c(N(C)CCCOC=O)cc(=O)oc2c1. The molecule has 2 aromatic rings. The number of hydrogen-bond donors (Lipinski definition) is 0. The Morgan fingerprint density at radius 2 is 1.92 bits per heavy atom. The van der Waals surface area contributed by atoms with Crippen molar-refractivity contribution < 1.29 is 18.7 Å². The van der Waals surface area contributed by atoms with Crippen LogP contribution in [0.25, 0.3) is 11.0 Å². The molecule has 0 bridgehead atoms. The number of fused-ring (bicyclic) bond motifs is 1. The molecule has 0 spiro atoms. The van der Waals surface area contributed by atoms with Gasteiger partial charge in [-0.15, -0.1) is 0 Å². The molecule has 0 radical (unpaired) electrons. The number of hydrogen-bond acceptors (Lipinski definition) is 6. The van der Waals surface area contributed by atoms with E-state index in [-0.39, 0.29) is 0 Å². The Balaban J connectivity index is 0.000000705. The minimum atomic E-state index is -0.415. The first-order valence-corrected chi connectivity index (χ1v) is 8.27. The number of ether oxygens (including phenoxy) is 2. The van der Waals surface area contributed by atoms with Gasteiger partial charge in [0.2, 0.25) is 0 Å². The van der Waals surface area contributed by atoms with Crippen LogP contribution < -0.4 is 15.3 Å². The largest absolute Gasteiger partial charge is 0.497 e. The molecule has 1 aromatic heterocycles. The maximum Gasteiger partial charge on any atom is 0.338 e. The van der Waals surface area contributed by atoms with E-state index in [1.54, 1.807) is 13.2 Å². The number of nitrogens with zero attached hydrogens (tertiary/aromatic N) is 1. The van der Waals surface area contributed by atoms with Gasteiger partial charge in [-0.3, -0.25) is 4.79 Å². The van der Waals surface area contributed by atoms with E-state index in [4.69, 9.17) is 9.15 Å². The molecular weight excluding hydrogens is 322 g/mol. The van der Waals surface area contributed by atoms with Crippen LogP contribution in [0, 0.1) is 5.92 Å². The standard InChI is InChI=1S/C15H17NO5.C4H10/c1-16(6-3-7-20-10-17)13-9-15(18)21-14-8-11(19-2)4-5-12(13)14;1-4(2)3/h4-5,8-10H,3,6-7H2,1-2H3;4H,1-3H3. The van der Waals surface area contributed by atoms with Gasteiger partial charge in [0.1, 0.15) is 11.3 Å². The molecule has 0 atom stereocenters. The molecule has 0 unspecified atom stereocenters. The third-order valence-electron chi connectivity index (χ3n) is 3.16. The summed E-state index contributed by atoms with van der Waals surface area (Å²) in [5, 5.41) is 0.828. The van der Waals surface area contributed by atoms with Crippen LogP contribution in [-0.2, 0) is 9.53 Å². The van der Waals surface area contributed by atoms with Crippen LogP contribution in [0.2, 0.25) is 0 Å². The Bertz CT molecular complexity index is 721. The molecule has 0 saturated heterocycles. The van der Waals surface area contributed by atoms with E-state index >= 15 is 0 Å². The fourth-order valence-corrected chi connectivity index (χ4v) is 2.12. The number of benzene rings is 1. The fraction of sp³-hybridized carbons (Fsp3) is 0.474. The van der Waals surface area contributed by atoms with Crippen LogP contribution in [-0.4, -0.2) is 33.8 Å². The zero-order valence-corrected chi connectivity index (χ0v) is 15.6. The summed E-state index contributed by atoms with van der Waals surface area (Å²) in [6.07, 6.45) is 0.674. The van der Waals surface area contributed by atoms with Crippen LogP contribution in [0.4, 0.5) is 5.69 Å². The molecule has 0 N–H and O–H groups in total. The van der Waals surface area contributed by atoms with Crippen LogP contribution in [0.15, 0.2) is 33.5 Å². The number of carbonyl (C=O) groups is 1. The highest BCUT2D eigenvalue weighted by molar-refractivity contribution is 5.90. The summed E-state index contributed by atoms with van der Waals surface area (Å²) in [5.74, 6) is 1.46. The molecule has 138 valence electrons. The van der Waals surface area contributed by atoms with Crippen molar-refractivity contribution in [3.8, 4) is 5.75 Å². The summed E-state index contributed by atoms with van der Waals surface area (Å²) < 4.78 is 15.0. The van der Waals surface area contributed by atoms with E-state index in [1.807, 2.05) is 24.1 Å². The van der Waals surface area contributed by atoms with Crippen molar-refractivity contribution in [2.75, 3.05) is 32.2 Å². The summed E-state index contributed by atoms with van der Waals surface area (Å²) in [7, 11) is 3.43. The lowest BCUT2D eigenvalue weighted by molar-refractivity contribution is -0.128. The first-order valence-electron chi connectivity index (χ1n) is 8.27. The van der Waals surface area contributed by atoms with Crippen molar-refractivity contribution in [3.63, 3.8) is 0 Å². The second-order valence-corrected chi connectivity index (χ2v) is 6.29. The Kier molecular flexibility index (Phi) is 8.53. The predicted octanol–water partition coefficient (Wildman–Crippen LogP) is 3.46. The van der Waals surface area contributed by atoms with Crippen molar-refractivity contribution in [2.24, 2.45) is 5.92 Å². The van der Waals surface area contributed by atoms with E-state index in [0.29, 0.717) is 37.4 Å². The minimum absolute atomic E-state index is 0.348. The summed E-state index contributed by atoms with van der Waals surface area (Å²) >= 11 is 0. The van der Waals surface area contributed by atoms with Gasteiger partial charge in [0.25, 0.3) is 6.47 Å². The van der Waals surface area contributed by atoms with E-state index in [9.17, 15) is 9.59 Å². The molecule has 0 amide bonds. The number of carbonyl (C=O) groups excluding carboxylic acids is 1. The van der Waals surface area contributed by atoms with Gasteiger partial charge >= 0.3 is 5.63 Å². The molecular formula is C19H27NO5. The summed E-state index contributed by atoms with van der Waals surface area (Å²) in [6.45, 7) is 7.93. The zero-order valence-electron chi connectivity index (χ0n) is 15.6. The normalized spacial score (nSPS) is 10.2. The lowest BCUT2D eigenvalue weighted by atomic mass is 10.2. The third kappa shape index (κ3) is 6.87. The first kappa shape index (κ1) is 20.5. The number of rotatable bonds is 7. The van der Waals surface area contributed by atoms with Gasteiger partial charge in [-0.05, 0) is 24.5 Å². The minimum Gasteiger partial charge on any atom is -0.497 e. The quantitative estimate of drug-likeness (QED) is 0.433. The molecule has 1 aromatic carbocycles. The molecule has 25 heavy (non-hydrogen) atoms. The van der Waals surface area contributed by atoms with Crippen molar-refractivity contribution in [3.05, 3.63) is 34.7 Å². The van der Waals surface area contributed by atoms with Crippen LogP contribution in [0.1, 0.15) is 27.2 Å². The first-order chi connectivity index (χ1) is 11.9. The second kappa shape index (κ2) is 10.4. The number of methoxy groups -OCH3 is 1. The highest BCUT2D eigenvalue weighted by atomic mass is 16.5. The average Bonchev–Trinajstić information content (AvgIpc) is 2.56. The smallest absolute Gasteiger partial charge is 0.338 e. The van der Waals surface area contributed by atoms with Gasteiger partial charge in [0, 0.05) is 31.1 Å². The Hall–Kier alpha value is -2.50. The van der Waals surface area contributed by atoms with Crippen molar-refractivity contribution in [2.45, 2.75) is 27.2 Å². The summed E-state index contributed by atoms with van der Waals surface area (Å²) in [6, 6.07) is 6.80. The van der Waals surface area contributed by atoms with Crippen molar-refractivity contribution >= 4 is 23.1 Å². The van der Waals surface area contributed by atoms with Gasteiger partial charge < -0.3 is 18.8 Å². The summed E-state index contributed by atoms with van der Waals surface area (Å²) in [5.41, 5.74) is 0.838. The predicted molar refractivity (Wildman–Crippen MR) is 99.5 cm³/mol. The van der Waals surface area contributed by atoms with E-state index < -0.39 is 5.63 Å². The highest BCUT2D eigenvalue weighted by Crippen LogP contribution is 2.27. The van der Waals surface area contributed by atoms with E-state index in [1.165, 1.54) is 6.07 Å². The highest BCUT2D eigenvalue weighted by Gasteiger charge is 2.10. The van der Waals surface area contributed by atoms with E-state index in [0.717, 1.165) is 17.0 Å².